The van der Waals surface area contributed by atoms with Gasteiger partial charge in [-0.25, -0.2) is 9.44 Å². The fourth-order valence-electron chi connectivity index (χ4n) is 1.01. The summed E-state index contributed by atoms with van der Waals surface area (Å²) in [7, 11) is -3.31. The summed E-state index contributed by atoms with van der Waals surface area (Å²) in [6, 6.07) is 0.440. The van der Waals surface area contributed by atoms with E-state index in [2.05, 4.69) is 28.6 Å². The van der Waals surface area contributed by atoms with Crippen LogP contribution in [0.2, 0.25) is 0 Å². The second-order valence-corrected chi connectivity index (χ2v) is 6.19. The summed E-state index contributed by atoms with van der Waals surface area (Å²) in [5.74, 6) is 0.319. The molecule has 0 bridgehead atoms. The van der Waals surface area contributed by atoms with Crippen molar-refractivity contribution in [2.45, 2.75) is 40.2 Å². The lowest BCUT2D eigenvalue weighted by atomic mass is 10.2. The van der Waals surface area contributed by atoms with Crippen LogP contribution in [0.1, 0.15) is 34.1 Å². The fourth-order valence-corrected chi connectivity index (χ4v) is 2.08. The van der Waals surface area contributed by atoms with Crippen LogP contribution in [-0.2, 0) is 10.2 Å². The van der Waals surface area contributed by atoms with E-state index in [1.54, 1.807) is 0 Å². The van der Waals surface area contributed by atoms with E-state index < -0.39 is 10.2 Å². The zero-order chi connectivity index (χ0) is 12.6. The average Bonchev–Trinajstić information content (AvgIpc) is 2.14. The fraction of sp³-hybridized carbons (Fsp3) is 1.00. The Morgan fingerprint density at radius 2 is 1.62 bits per heavy atom. The van der Waals surface area contributed by atoms with E-state index >= 15 is 0 Å². The molecule has 6 heteroatoms. The standard InChI is InChI=1S/C10H25N3O2S/c1-9(2)8-13-16(14,15)12-7-5-6-11-10(3)4/h9-13H,5-8H2,1-4H3. The molecule has 0 aliphatic carbocycles. The van der Waals surface area contributed by atoms with Crippen LogP contribution in [0, 0.1) is 5.92 Å². The van der Waals surface area contributed by atoms with E-state index in [4.69, 9.17) is 0 Å². The van der Waals surface area contributed by atoms with Crippen molar-refractivity contribution in [1.82, 2.24) is 14.8 Å². The van der Waals surface area contributed by atoms with Gasteiger partial charge in [0, 0.05) is 19.1 Å². The third-order valence-electron chi connectivity index (χ3n) is 1.88. The predicted octanol–water partition coefficient (Wildman–Crippen LogP) is 0.455. The van der Waals surface area contributed by atoms with Crippen molar-refractivity contribution in [2.24, 2.45) is 5.92 Å². The van der Waals surface area contributed by atoms with E-state index in [0.29, 0.717) is 25.0 Å². The molecule has 5 nitrogen and oxygen atoms in total. The van der Waals surface area contributed by atoms with E-state index in [1.165, 1.54) is 0 Å². The minimum absolute atomic E-state index is 0.319. The topological polar surface area (TPSA) is 70.2 Å². The summed E-state index contributed by atoms with van der Waals surface area (Å²) < 4.78 is 27.8. The molecular formula is C10H25N3O2S. The van der Waals surface area contributed by atoms with Gasteiger partial charge in [0.05, 0.1) is 0 Å². The Balaban J connectivity index is 3.59. The zero-order valence-electron chi connectivity index (χ0n) is 10.7. The van der Waals surface area contributed by atoms with E-state index in [0.717, 1.165) is 13.0 Å². The molecule has 0 saturated heterocycles. The Hall–Kier alpha value is -0.170. The lowest BCUT2D eigenvalue weighted by Gasteiger charge is -2.11. The molecule has 98 valence electrons. The van der Waals surface area contributed by atoms with Gasteiger partial charge >= 0.3 is 0 Å². The first kappa shape index (κ1) is 15.8. The summed E-state index contributed by atoms with van der Waals surface area (Å²) in [6.07, 6.45) is 0.792. The van der Waals surface area contributed by atoms with Crippen LogP contribution in [0.15, 0.2) is 0 Å². The summed E-state index contributed by atoms with van der Waals surface area (Å²) in [5.41, 5.74) is 0. The molecule has 16 heavy (non-hydrogen) atoms. The first-order chi connectivity index (χ1) is 7.33. The average molecular weight is 251 g/mol. The van der Waals surface area contributed by atoms with Gasteiger partial charge in [-0.2, -0.15) is 8.42 Å². The highest BCUT2D eigenvalue weighted by Gasteiger charge is 2.08. The minimum Gasteiger partial charge on any atom is -0.314 e. The van der Waals surface area contributed by atoms with Gasteiger partial charge in [-0.3, -0.25) is 0 Å². The molecule has 0 unspecified atom stereocenters. The van der Waals surface area contributed by atoms with Gasteiger partial charge in [0.25, 0.3) is 10.2 Å². The van der Waals surface area contributed by atoms with Gasteiger partial charge < -0.3 is 5.32 Å². The quantitative estimate of drug-likeness (QED) is 0.521. The second kappa shape index (κ2) is 8.00. The Labute approximate surface area is 99.6 Å². The van der Waals surface area contributed by atoms with Crippen LogP contribution < -0.4 is 14.8 Å². The summed E-state index contributed by atoms with van der Waals surface area (Å²) >= 11 is 0. The van der Waals surface area contributed by atoms with Crippen molar-refractivity contribution in [3.63, 3.8) is 0 Å². The maximum Gasteiger partial charge on any atom is 0.276 e. The first-order valence-electron chi connectivity index (χ1n) is 5.81. The monoisotopic (exact) mass is 251 g/mol. The lowest BCUT2D eigenvalue weighted by molar-refractivity contribution is 0.536. The Morgan fingerprint density at radius 3 is 2.12 bits per heavy atom. The summed E-state index contributed by atoms with van der Waals surface area (Å²) in [6.45, 7) is 9.82. The van der Waals surface area contributed by atoms with Crippen LogP contribution in [-0.4, -0.2) is 34.1 Å². The highest BCUT2D eigenvalue weighted by Crippen LogP contribution is 1.89. The highest BCUT2D eigenvalue weighted by atomic mass is 32.2. The van der Waals surface area contributed by atoms with Gasteiger partial charge in [0.15, 0.2) is 0 Å². The van der Waals surface area contributed by atoms with Crippen LogP contribution in [0.25, 0.3) is 0 Å². The lowest BCUT2D eigenvalue weighted by Crippen LogP contribution is -2.39. The Bertz CT molecular complexity index is 263. The molecule has 0 radical (unpaired) electrons. The highest BCUT2D eigenvalue weighted by molar-refractivity contribution is 7.87. The first-order valence-corrected chi connectivity index (χ1v) is 7.29. The van der Waals surface area contributed by atoms with E-state index in [9.17, 15) is 8.42 Å². The van der Waals surface area contributed by atoms with Crippen molar-refractivity contribution < 1.29 is 8.42 Å². The SMILES string of the molecule is CC(C)CNS(=O)(=O)NCCCNC(C)C. The number of hydrogen-bond acceptors (Lipinski definition) is 3. The van der Waals surface area contributed by atoms with Crippen molar-refractivity contribution in [3.05, 3.63) is 0 Å². The molecule has 0 rings (SSSR count). The van der Waals surface area contributed by atoms with Crippen LogP contribution in [0.3, 0.4) is 0 Å². The molecule has 0 spiro atoms. The third-order valence-corrected chi connectivity index (χ3v) is 3.01. The van der Waals surface area contributed by atoms with E-state index in [1.807, 2.05) is 13.8 Å². The molecule has 3 N–H and O–H groups in total. The molecule has 0 aromatic carbocycles. The number of nitrogens with one attached hydrogen (secondary N) is 3. The molecule has 0 aromatic heterocycles. The van der Waals surface area contributed by atoms with Gasteiger partial charge in [-0.05, 0) is 18.9 Å². The minimum atomic E-state index is -3.31. The van der Waals surface area contributed by atoms with Crippen molar-refractivity contribution in [2.75, 3.05) is 19.6 Å². The molecular weight excluding hydrogens is 226 g/mol. The van der Waals surface area contributed by atoms with Crippen molar-refractivity contribution >= 4 is 10.2 Å². The van der Waals surface area contributed by atoms with Crippen LogP contribution >= 0.6 is 0 Å². The van der Waals surface area contributed by atoms with Crippen LogP contribution in [0.4, 0.5) is 0 Å². The molecule has 0 heterocycles. The van der Waals surface area contributed by atoms with Crippen molar-refractivity contribution in [3.8, 4) is 0 Å². The number of hydrogen-bond donors (Lipinski definition) is 3. The Morgan fingerprint density at radius 1 is 1.00 bits per heavy atom. The summed E-state index contributed by atoms with van der Waals surface area (Å²) in [5, 5.41) is 3.23. The van der Waals surface area contributed by atoms with Crippen LogP contribution in [0.5, 0.6) is 0 Å². The zero-order valence-corrected chi connectivity index (χ0v) is 11.5. The molecule has 0 aliphatic heterocycles. The normalized spacial score (nSPS) is 12.6. The molecule has 0 aliphatic rings. The van der Waals surface area contributed by atoms with Gasteiger partial charge in [-0.1, -0.05) is 27.7 Å². The smallest absolute Gasteiger partial charge is 0.276 e. The second-order valence-electron chi connectivity index (χ2n) is 4.60. The molecule has 0 amide bonds. The van der Waals surface area contributed by atoms with Gasteiger partial charge in [0.2, 0.25) is 0 Å². The molecule has 0 fully saturated rings. The van der Waals surface area contributed by atoms with Gasteiger partial charge in [-0.15, -0.1) is 0 Å². The maximum atomic E-state index is 11.4. The Kier molecular flexibility index (Phi) is 7.91. The predicted molar refractivity (Wildman–Crippen MR) is 67.5 cm³/mol. The molecule has 0 aromatic rings. The van der Waals surface area contributed by atoms with Crippen molar-refractivity contribution in [1.29, 1.82) is 0 Å². The van der Waals surface area contributed by atoms with E-state index in [-0.39, 0.29) is 0 Å². The van der Waals surface area contributed by atoms with Gasteiger partial charge in [0.1, 0.15) is 0 Å². The maximum absolute atomic E-state index is 11.4. The number of rotatable bonds is 9. The molecule has 0 atom stereocenters. The largest absolute Gasteiger partial charge is 0.314 e. The summed E-state index contributed by atoms with van der Waals surface area (Å²) in [4.78, 5) is 0. The molecule has 0 saturated carbocycles. The third kappa shape index (κ3) is 10.4.